The molecule has 2 unspecified atom stereocenters. The van der Waals surface area contributed by atoms with Gasteiger partial charge in [0, 0.05) is 18.1 Å². The summed E-state index contributed by atoms with van der Waals surface area (Å²) in [6, 6.07) is 0.373. The van der Waals surface area contributed by atoms with E-state index >= 15 is 0 Å². The van der Waals surface area contributed by atoms with Gasteiger partial charge in [-0.05, 0) is 46.6 Å². The van der Waals surface area contributed by atoms with E-state index in [0.29, 0.717) is 23.5 Å². The summed E-state index contributed by atoms with van der Waals surface area (Å²) in [4.78, 5) is 0. The Morgan fingerprint density at radius 3 is 2.47 bits per heavy atom. The number of hydrogen-bond acceptors (Lipinski definition) is 4. The molecule has 17 heavy (non-hydrogen) atoms. The van der Waals surface area contributed by atoms with Crippen LogP contribution in [0.15, 0.2) is 0 Å². The van der Waals surface area contributed by atoms with Crippen LogP contribution in [0, 0.1) is 5.92 Å². The zero-order chi connectivity index (χ0) is 13.1. The fourth-order valence-electron chi connectivity index (χ4n) is 1.93. The minimum Gasteiger partial charge on any atom is -0.313 e. The van der Waals surface area contributed by atoms with Gasteiger partial charge in [-0.1, -0.05) is 0 Å². The quantitative estimate of drug-likeness (QED) is 0.769. The van der Waals surface area contributed by atoms with Crippen LogP contribution in [0.25, 0.3) is 0 Å². The van der Waals surface area contributed by atoms with Gasteiger partial charge in [-0.2, -0.15) is 0 Å². The molecule has 5 heteroatoms. The van der Waals surface area contributed by atoms with Crippen molar-refractivity contribution in [2.24, 2.45) is 5.92 Å². The first-order valence-electron chi connectivity index (χ1n) is 6.37. The van der Waals surface area contributed by atoms with Crippen LogP contribution < -0.4 is 10.6 Å². The summed E-state index contributed by atoms with van der Waals surface area (Å²) in [7, 11) is -2.73. The third-order valence-corrected chi connectivity index (χ3v) is 4.86. The molecule has 0 amide bonds. The standard InChI is InChI=1S/C12H26N2O2S/c1-10(7-14-12(2,3)4)13-8-11-5-6-17(15,16)9-11/h10-11,13-14H,5-9H2,1-4H3. The Balaban J connectivity index is 2.19. The Kier molecular flexibility index (Phi) is 4.98. The van der Waals surface area contributed by atoms with Crippen LogP contribution in [0.1, 0.15) is 34.1 Å². The van der Waals surface area contributed by atoms with Crippen LogP contribution in [0.5, 0.6) is 0 Å². The summed E-state index contributed by atoms with van der Waals surface area (Å²) in [6.45, 7) is 10.3. The van der Waals surface area contributed by atoms with Gasteiger partial charge in [-0.25, -0.2) is 8.42 Å². The van der Waals surface area contributed by atoms with Crippen molar-refractivity contribution in [3.8, 4) is 0 Å². The molecule has 0 radical (unpaired) electrons. The summed E-state index contributed by atoms with van der Waals surface area (Å²) >= 11 is 0. The van der Waals surface area contributed by atoms with Crippen LogP contribution >= 0.6 is 0 Å². The molecule has 1 aliphatic rings. The van der Waals surface area contributed by atoms with Crippen LogP contribution in [-0.2, 0) is 9.84 Å². The van der Waals surface area contributed by atoms with Gasteiger partial charge in [0.05, 0.1) is 11.5 Å². The van der Waals surface area contributed by atoms with Crippen LogP contribution in [0.4, 0.5) is 0 Å². The van der Waals surface area contributed by atoms with E-state index in [9.17, 15) is 8.42 Å². The topological polar surface area (TPSA) is 58.2 Å². The molecular formula is C12H26N2O2S. The summed E-state index contributed by atoms with van der Waals surface area (Å²) < 4.78 is 22.6. The van der Waals surface area contributed by atoms with E-state index in [-0.39, 0.29) is 5.54 Å². The molecule has 1 saturated heterocycles. The molecule has 0 bridgehead atoms. The fraction of sp³-hybridized carbons (Fsp3) is 1.00. The predicted octanol–water partition coefficient (Wildman–Crippen LogP) is 0.787. The van der Waals surface area contributed by atoms with Crippen LogP contribution in [0.3, 0.4) is 0 Å². The molecule has 0 aromatic rings. The van der Waals surface area contributed by atoms with Crippen molar-refractivity contribution in [3.05, 3.63) is 0 Å². The van der Waals surface area contributed by atoms with E-state index in [1.807, 2.05) is 0 Å². The maximum Gasteiger partial charge on any atom is 0.150 e. The highest BCUT2D eigenvalue weighted by Crippen LogP contribution is 2.17. The fourth-order valence-corrected chi connectivity index (χ4v) is 3.79. The molecule has 1 aliphatic heterocycles. The monoisotopic (exact) mass is 262 g/mol. The number of nitrogens with one attached hydrogen (secondary N) is 2. The Labute approximate surface area is 105 Å². The maximum absolute atomic E-state index is 11.3. The lowest BCUT2D eigenvalue weighted by Crippen LogP contribution is -2.45. The number of hydrogen-bond donors (Lipinski definition) is 2. The maximum atomic E-state index is 11.3. The van der Waals surface area contributed by atoms with Crippen molar-refractivity contribution in [1.82, 2.24) is 10.6 Å². The van der Waals surface area contributed by atoms with Crippen molar-refractivity contribution < 1.29 is 8.42 Å². The van der Waals surface area contributed by atoms with E-state index in [2.05, 4.69) is 38.3 Å². The normalized spacial score (nSPS) is 26.0. The first kappa shape index (κ1) is 14.9. The third-order valence-electron chi connectivity index (χ3n) is 3.02. The molecule has 102 valence electrons. The first-order valence-corrected chi connectivity index (χ1v) is 8.19. The molecule has 0 spiro atoms. The minimum atomic E-state index is -2.73. The lowest BCUT2D eigenvalue weighted by atomic mass is 10.1. The zero-order valence-electron chi connectivity index (χ0n) is 11.4. The van der Waals surface area contributed by atoms with Gasteiger partial charge in [0.1, 0.15) is 0 Å². The smallest absolute Gasteiger partial charge is 0.150 e. The molecule has 2 atom stereocenters. The molecule has 2 N–H and O–H groups in total. The average molecular weight is 262 g/mol. The Hall–Kier alpha value is -0.130. The second-order valence-electron chi connectivity index (χ2n) is 6.21. The summed E-state index contributed by atoms with van der Waals surface area (Å²) in [6.07, 6.45) is 0.814. The summed E-state index contributed by atoms with van der Waals surface area (Å²) in [5.41, 5.74) is 0.132. The van der Waals surface area contributed by atoms with Gasteiger partial charge in [-0.3, -0.25) is 0 Å². The van der Waals surface area contributed by atoms with E-state index < -0.39 is 9.84 Å². The Morgan fingerprint density at radius 2 is 2.00 bits per heavy atom. The van der Waals surface area contributed by atoms with Crippen LogP contribution in [-0.4, -0.2) is 44.6 Å². The largest absolute Gasteiger partial charge is 0.313 e. The third kappa shape index (κ3) is 6.38. The van der Waals surface area contributed by atoms with Crippen molar-refractivity contribution in [1.29, 1.82) is 0 Å². The van der Waals surface area contributed by atoms with Crippen molar-refractivity contribution in [3.63, 3.8) is 0 Å². The molecule has 0 aromatic heterocycles. The van der Waals surface area contributed by atoms with Gasteiger partial charge in [-0.15, -0.1) is 0 Å². The van der Waals surface area contributed by atoms with E-state index in [1.54, 1.807) is 0 Å². The highest BCUT2D eigenvalue weighted by Gasteiger charge is 2.27. The number of rotatable bonds is 5. The SMILES string of the molecule is CC(CNC(C)(C)C)NCC1CCS(=O)(=O)C1. The molecule has 1 heterocycles. The van der Waals surface area contributed by atoms with E-state index in [4.69, 9.17) is 0 Å². The highest BCUT2D eigenvalue weighted by atomic mass is 32.2. The molecule has 4 nitrogen and oxygen atoms in total. The van der Waals surface area contributed by atoms with Gasteiger partial charge >= 0.3 is 0 Å². The second-order valence-corrected chi connectivity index (χ2v) is 8.44. The molecular weight excluding hydrogens is 236 g/mol. The van der Waals surface area contributed by atoms with Gasteiger partial charge in [0.15, 0.2) is 9.84 Å². The zero-order valence-corrected chi connectivity index (χ0v) is 12.2. The second kappa shape index (κ2) is 5.67. The summed E-state index contributed by atoms with van der Waals surface area (Å²) in [5, 5.41) is 6.84. The van der Waals surface area contributed by atoms with E-state index in [0.717, 1.165) is 19.5 Å². The van der Waals surface area contributed by atoms with Crippen molar-refractivity contribution in [2.75, 3.05) is 24.6 Å². The Bertz CT molecular complexity index is 333. The van der Waals surface area contributed by atoms with Crippen LogP contribution in [0.2, 0.25) is 0 Å². The average Bonchev–Trinajstić information content (AvgIpc) is 2.51. The molecule has 0 saturated carbocycles. The highest BCUT2D eigenvalue weighted by molar-refractivity contribution is 7.91. The molecule has 0 aliphatic carbocycles. The van der Waals surface area contributed by atoms with E-state index in [1.165, 1.54) is 0 Å². The van der Waals surface area contributed by atoms with Crippen molar-refractivity contribution in [2.45, 2.75) is 45.7 Å². The summed E-state index contributed by atoms with van der Waals surface area (Å²) in [5.74, 6) is 1.03. The lowest BCUT2D eigenvalue weighted by Gasteiger charge is -2.24. The number of sulfone groups is 1. The first-order chi connectivity index (χ1) is 7.68. The minimum absolute atomic E-state index is 0.132. The molecule has 1 rings (SSSR count). The van der Waals surface area contributed by atoms with Gasteiger partial charge < -0.3 is 10.6 Å². The Morgan fingerprint density at radius 1 is 1.35 bits per heavy atom. The van der Waals surface area contributed by atoms with Crippen molar-refractivity contribution >= 4 is 9.84 Å². The lowest BCUT2D eigenvalue weighted by molar-refractivity contribution is 0.376. The van der Waals surface area contributed by atoms with Gasteiger partial charge in [0.2, 0.25) is 0 Å². The van der Waals surface area contributed by atoms with Gasteiger partial charge in [0.25, 0.3) is 0 Å². The predicted molar refractivity (Wildman–Crippen MR) is 72.0 cm³/mol. The molecule has 1 fully saturated rings. The molecule has 0 aromatic carbocycles.